The van der Waals surface area contributed by atoms with E-state index in [4.69, 9.17) is 19.4 Å². The second-order valence-corrected chi connectivity index (χ2v) is 10.4. The number of nitrogens with zero attached hydrogens (tertiary/aromatic N) is 3. The Hall–Kier alpha value is -1.97. The first-order chi connectivity index (χ1) is 15.9. The van der Waals surface area contributed by atoms with Crippen LogP contribution in [0, 0.1) is 0 Å². The first-order valence-electron chi connectivity index (χ1n) is 12.5. The number of aryl methyl sites for hydroxylation is 1. The number of morpholine rings is 1. The van der Waals surface area contributed by atoms with Gasteiger partial charge in [0, 0.05) is 24.2 Å². The average Bonchev–Trinajstić information content (AvgIpc) is 3.21. The fourth-order valence-electron chi connectivity index (χ4n) is 4.89. The summed E-state index contributed by atoms with van der Waals surface area (Å²) in [6.07, 6.45) is 6.70. The number of fused-ring (bicyclic) bond motifs is 1. The van der Waals surface area contributed by atoms with Gasteiger partial charge in [0.1, 0.15) is 5.82 Å². The number of nitrogens with one attached hydrogen (secondary N) is 3. The van der Waals surface area contributed by atoms with E-state index in [2.05, 4.69) is 20.9 Å². The summed E-state index contributed by atoms with van der Waals surface area (Å²) in [5.74, 6) is 1.35. The van der Waals surface area contributed by atoms with Crippen LogP contribution in [0.5, 0.6) is 0 Å². The molecule has 0 unspecified atom stereocenters. The Labute approximate surface area is 197 Å². The molecule has 1 amide bonds. The summed E-state index contributed by atoms with van der Waals surface area (Å²) in [7, 11) is 0. The van der Waals surface area contributed by atoms with Crippen molar-refractivity contribution in [2.24, 2.45) is 0 Å². The molecule has 2 fully saturated rings. The van der Waals surface area contributed by atoms with Crippen LogP contribution in [0.4, 0.5) is 11.8 Å². The Morgan fingerprint density at radius 1 is 1.03 bits per heavy atom. The normalized spacial score (nSPS) is 24.5. The summed E-state index contributed by atoms with van der Waals surface area (Å²) in [4.78, 5) is 24.5. The molecular formula is C24H40N6O3. The van der Waals surface area contributed by atoms with Crippen molar-refractivity contribution < 1.29 is 14.3 Å². The van der Waals surface area contributed by atoms with Crippen molar-refractivity contribution in [2.45, 2.75) is 76.9 Å². The summed E-state index contributed by atoms with van der Waals surface area (Å²) >= 11 is 0. The number of aromatic nitrogens is 2. The number of hydrogen-bond donors (Lipinski definition) is 3. The second kappa shape index (κ2) is 11.0. The minimum Gasteiger partial charge on any atom is -0.379 e. The molecule has 1 aromatic rings. The summed E-state index contributed by atoms with van der Waals surface area (Å²) in [6.45, 7) is 10.9. The standard InChI is InChI=1S/C24H40N6O3/c1-24(2,3)29-21(31)14-25-23-27-18-9-7-5-4-6-8-17(18)22(28-23)26-19-15-33-16-20(19)30-10-12-32-13-11-30/h19-20H,4-16H2,1-3H3,(H,29,31)(H2,25,26,27,28)/t19-,20-/m1/s1. The lowest BCUT2D eigenvalue weighted by atomic mass is 9.97. The molecule has 0 bridgehead atoms. The van der Waals surface area contributed by atoms with Crippen molar-refractivity contribution in [2.75, 3.05) is 56.7 Å². The third-order valence-electron chi connectivity index (χ3n) is 6.49. The van der Waals surface area contributed by atoms with E-state index in [1.54, 1.807) is 0 Å². The number of hydrogen-bond acceptors (Lipinski definition) is 8. The van der Waals surface area contributed by atoms with Crippen LogP contribution in [0.15, 0.2) is 0 Å². The first-order valence-corrected chi connectivity index (χ1v) is 12.5. The van der Waals surface area contributed by atoms with Crippen LogP contribution in [0.2, 0.25) is 0 Å². The minimum absolute atomic E-state index is 0.0658. The van der Waals surface area contributed by atoms with Crippen LogP contribution in [-0.2, 0) is 27.1 Å². The highest BCUT2D eigenvalue weighted by Crippen LogP contribution is 2.28. The van der Waals surface area contributed by atoms with Crippen molar-refractivity contribution in [3.63, 3.8) is 0 Å². The van der Waals surface area contributed by atoms with Gasteiger partial charge in [-0.3, -0.25) is 9.69 Å². The van der Waals surface area contributed by atoms with Crippen LogP contribution in [0.25, 0.3) is 0 Å². The highest BCUT2D eigenvalue weighted by atomic mass is 16.5. The molecule has 0 aromatic carbocycles. The van der Waals surface area contributed by atoms with Gasteiger partial charge in [0.15, 0.2) is 0 Å². The summed E-state index contributed by atoms with van der Waals surface area (Å²) in [6, 6.07) is 0.478. The SMILES string of the molecule is CC(C)(C)NC(=O)CNc1nc2c(c(N[C@@H]3COC[C@H]3N3CCOCC3)n1)CCCCCC2. The molecule has 4 rings (SSSR count). The molecular weight excluding hydrogens is 420 g/mol. The fourth-order valence-corrected chi connectivity index (χ4v) is 4.89. The number of amides is 1. The Kier molecular flexibility index (Phi) is 8.03. The topological polar surface area (TPSA) is 101 Å². The monoisotopic (exact) mass is 460 g/mol. The number of anilines is 2. The highest BCUT2D eigenvalue weighted by Gasteiger charge is 2.35. The van der Waals surface area contributed by atoms with Gasteiger partial charge < -0.3 is 25.4 Å². The lowest BCUT2D eigenvalue weighted by Gasteiger charge is -2.35. The van der Waals surface area contributed by atoms with Crippen molar-refractivity contribution in [3.05, 3.63) is 11.3 Å². The zero-order valence-electron chi connectivity index (χ0n) is 20.4. The zero-order chi connectivity index (χ0) is 23.3. The third-order valence-corrected chi connectivity index (χ3v) is 6.49. The van der Waals surface area contributed by atoms with Gasteiger partial charge in [0.25, 0.3) is 0 Å². The maximum atomic E-state index is 12.3. The smallest absolute Gasteiger partial charge is 0.239 e. The summed E-state index contributed by atoms with van der Waals surface area (Å²) in [5.41, 5.74) is 2.06. The van der Waals surface area contributed by atoms with Crippen LogP contribution >= 0.6 is 0 Å². The Morgan fingerprint density at radius 2 is 1.79 bits per heavy atom. The maximum absolute atomic E-state index is 12.3. The van der Waals surface area contributed by atoms with Gasteiger partial charge in [0.2, 0.25) is 11.9 Å². The zero-order valence-corrected chi connectivity index (χ0v) is 20.4. The third kappa shape index (κ3) is 6.77. The predicted octanol–water partition coefficient (Wildman–Crippen LogP) is 1.97. The predicted molar refractivity (Wildman–Crippen MR) is 129 cm³/mol. The lowest BCUT2D eigenvalue weighted by molar-refractivity contribution is -0.120. The maximum Gasteiger partial charge on any atom is 0.239 e. The average molecular weight is 461 g/mol. The Morgan fingerprint density at radius 3 is 2.55 bits per heavy atom. The molecule has 1 aromatic heterocycles. The van der Waals surface area contributed by atoms with Gasteiger partial charge >= 0.3 is 0 Å². The molecule has 9 heteroatoms. The molecule has 0 saturated carbocycles. The summed E-state index contributed by atoms with van der Waals surface area (Å²) in [5, 5.41) is 9.87. The molecule has 1 aliphatic carbocycles. The number of rotatable bonds is 6. The lowest BCUT2D eigenvalue weighted by Crippen LogP contribution is -2.51. The van der Waals surface area contributed by atoms with Crippen molar-refractivity contribution >= 4 is 17.7 Å². The van der Waals surface area contributed by atoms with E-state index in [9.17, 15) is 4.79 Å². The molecule has 3 heterocycles. The van der Waals surface area contributed by atoms with Crippen molar-refractivity contribution in [1.29, 1.82) is 0 Å². The summed E-state index contributed by atoms with van der Waals surface area (Å²) < 4.78 is 11.4. The molecule has 2 aliphatic heterocycles. The molecule has 2 atom stereocenters. The second-order valence-electron chi connectivity index (χ2n) is 10.4. The van der Waals surface area contributed by atoms with Gasteiger partial charge in [-0.2, -0.15) is 4.98 Å². The quantitative estimate of drug-likeness (QED) is 0.593. The van der Waals surface area contributed by atoms with E-state index in [-0.39, 0.29) is 24.0 Å². The number of ether oxygens (including phenoxy) is 2. The fraction of sp³-hybridized carbons (Fsp3) is 0.792. The van der Waals surface area contributed by atoms with Crippen LogP contribution in [0.3, 0.4) is 0 Å². The largest absolute Gasteiger partial charge is 0.379 e. The van der Waals surface area contributed by atoms with E-state index < -0.39 is 0 Å². The number of carbonyl (C=O) groups is 1. The molecule has 3 aliphatic rings. The van der Waals surface area contributed by atoms with E-state index in [0.717, 1.165) is 70.1 Å². The first kappa shape index (κ1) is 24.2. The Bertz CT molecular complexity index is 806. The van der Waals surface area contributed by atoms with Gasteiger partial charge in [-0.05, 0) is 46.5 Å². The highest BCUT2D eigenvalue weighted by molar-refractivity contribution is 5.80. The van der Waals surface area contributed by atoms with Crippen molar-refractivity contribution in [1.82, 2.24) is 20.2 Å². The van der Waals surface area contributed by atoms with E-state index in [1.807, 2.05) is 20.8 Å². The van der Waals surface area contributed by atoms with Crippen LogP contribution in [0.1, 0.15) is 57.7 Å². The van der Waals surface area contributed by atoms with E-state index in [1.165, 1.54) is 18.4 Å². The minimum atomic E-state index is -0.269. The molecule has 184 valence electrons. The molecule has 9 nitrogen and oxygen atoms in total. The Balaban J connectivity index is 1.52. The molecule has 3 N–H and O–H groups in total. The van der Waals surface area contributed by atoms with Crippen LogP contribution < -0.4 is 16.0 Å². The molecule has 0 radical (unpaired) electrons. The van der Waals surface area contributed by atoms with Gasteiger partial charge in [-0.25, -0.2) is 4.98 Å². The molecule has 33 heavy (non-hydrogen) atoms. The molecule has 0 spiro atoms. The van der Waals surface area contributed by atoms with Gasteiger partial charge in [0.05, 0.1) is 50.7 Å². The van der Waals surface area contributed by atoms with Crippen molar-refractivity contribution in [3.8, 4) is 0 Å². The molecule has 2 saturated heterocycles. The number of carbonyl (C=O) groups excluding carboxylic acids is 1. The van der Waals surface area contributed by atoms with E-state index in [0.29, 0.717) is 18.6 Å². The van der Waals surface area contributed by atoms with Crippen LogP contribution in [-0.4, -0.2) is 84.5 Å². The van der Waals surface area contributed by atoms with E-state index >= 15 is 0 Å². The van der Waals surface area contributed by atoms with Gasteiger partial charge in [-0.15, -0.1) is 0 Å². The van der Waals surface area contributed by atoms with Gasteiger partial charge in [-0.1, -0.05) is 12.8 Å².